The third-order valence-electron chi connectivity index (χ3n) is 2.42. The van der Waals surface area contributed by atoms with Gasteiger partial charge in [0.15, 0.2) is 0 Å². The molecule has 0 aliphatic heterocycles. The molecular formula is C10H14F2. The van der Waals surface area contributed by atoms with E-state index in [0.29, 0.717) is 12.8 Å². The first kappa shape index (κ1) is 9.51. The first-order chi connectivity index (χ1) is 5.74. The van der Waals surface area contributed by atoms with E-state index < -0.39 is 12.3 Å². The van der Waals surface area contributed by atoms with Crippen LogP contribution in [0.1, 0.15) is 32.6 Å². The van der Waals surface area contributed by atoms with Gasteiger partial charge in [-0.15, -0.1) is 11.8 Å². The Kier molecular flexibility index (Phi) is 3.52. The number of alkyl halides is 2. The molecule has 0 radical (unpaired) electrons. The summed E-state index contributed by atoms with van der Waals surface area (Å²) < 4.78 is 24.6. The molecule has 0 heterocycles. The van der Waals surface area contributed by atoms with Gasteiger partial charge >= 0.3 is 0 Å². The van der Waals surface area contributed by atoms with E-state index in [0.717, 1.165) is 12.8 Å². The van der Waals surface area contributed by atoms with E-state index in [2.05, 4.69) is 11.8 Å². The quantitative estimate of drug-likeness (QED) is 0.533. The van der Waals surface area contributed by atoms with Gasteiger partial charge in [0.05, 0.1) is 0 Å². The van der Waals surface area contributed by atoms with Crippen LogP contribution in [0, 0.1) is 23.7 Å². The van der Waals surface area contributed by atoms with Crippen molar-refractivity contribution in [2.45, 2.75) is 39.0 Å². The Bertz CT molecular complexity index is 188. The van der Waals surface area contributed by atoms with Crippen LogP contribution in [0.15, 0.2) is 0 Å². The Morgan fingerprint density at radius 1 is 1.33 bits per heavy atom. The molecule has 2 heteroatoms. The van der Waals surface area contributed by atoms with Gasteiger partial charge in [0.25, 0.3) is 0 Å². The van der Waals surface area contributed by atoms with Crippen molar-refractivity contribution in [2.24, 2.45) is 11.8 Å². The molecular weight excluding hydrogens is 158 g/mol. The van der Waals surface area contributed by atoms with Crippen molar-refractivity contribution in [3.05, 3.63) is 0 Å². The summed E-state index contributed by atoms with van der Waals surface area (Å²) in [5.41, 5.74) is 0. The van der Waals surface area contributed by atoms with Gasteiger partial charge in [0.2, 0.25) is 6.43 Å². The van der Waals surface area contributed by atoms with Gasteiger partial charge in [-0.05, 0) is 26.2 Å². The van der Waals surface area contributed by atoms with E-state index in [1.54, 1.807) is 6.92 Å². The molecule has 0 aromatic heterocycles. The zero-order valence-electron chi connectivity index (χ0n) is 7.32. The molecule has 1 fully saturated rings. The second-order valence-electron chi connectivity index (χ2n) is 3.35. The molecule has 1 saturated carbocycles. The summed E-state index contributed by atoms with van der Waals surface area (Å²) in [6, 6.07) is 0. The van der Waals surface area contributed by atoms with Crippen molar-refractivity contribution in [3.8, 4) is 11.8 Å². The first-order valence-corrected chi connectivity index (χ1v) is 4.44. The Balaban J connectivity index is 2.44. The van der Waals surface area contributed by atoms with Crippen molar-refractivity contribution in [2.75, 3.05) is 0 Å². The van der Waals surface area contributed by atoms with Crippen molar-refractivity contribution >= 4 is 0 Å². The van der Waals surface area contributed by atoms with E-state index in [9.17, 15) is 8.78 Å². The Morgan fingerprint density at radius 3 is 2.67 bits per heavy atom. The summed E-state index contributed by atoms with van der Waals surface area (Å²) in [5.74, 6) is 5.61. The van der Waals surface area contributed by atoms with Crippen LogP contribution < -0.4 is 0 Å². The number of hydrogen-bond acceptors (Lipinski definition) is 0. The van der Waals surface area contributed by atoms with Crippen LogP contribution in [0.5, 0.6) is 0 Å². The monoisotopic (exact) mass is 172 g/mol. The van der Waals surface area contributed by atoms with E-state index in [1.165, 1.54) is 0 Å². The van der Waals surface area contributed by atoms with Crippen LogP contribution in [0.3, 0.4) is 0 Å². The SMILES string of the molecule is CC#CC1CCCC(C(F)F)C1. The van der Waals surface area contributed by atoms with Gasteiger partial charge in [-0.1, -0.05) is 6.42 Å². The van der Waals surface area contributed by atoms with Crippen LogP contribution in [-0.4, -0.2) is 6.43 Å². The van der Waals surface area contributed by atoms with Crippen LogP contribution in [0.25, 0.3) is 0 Å². The highest BCUT2D eigenvalue weighted by molar-refractivity contribution is 5.02. The molecule has 1 aliphatic rings. The summed E-state index contributed by atoms with van der Waals surface area (Å²) in [5, 5.41) is 0. The van der Waals surface area contributed by atoms with Crippen LogP contribution in [-0.2, 0) is 0 Å². The molecule has 0 nitrogen and oxygen atoms in total. The zero-order valence-corrected chi connectivity index (χ0v) is 7.32. The van der Waals surface area contributed by atoms with Crippen LogP contribution >= 0.6 is 0 Å². The highest BCUT2D eigenvalue weighted by Gasteiger charge is 2.27. The largest absolute Gasteiger partial charge is 0.241 e. The molecule has 1 rings (SSSR count). The number of hydrogen-bond donors (Lipinski definition) is 0. The lowest BCUT2D eigenvalue weighted by atomic mass is 9.82. The van der Waals surface area contributed by atoms with E-state index >= 15 is 0 Å². The smallest absolute Gasteiger partial charge is 0.210 e. The van der Waals surface area contributed by atoms with Gasteiger partial charge < -0.3 is 0 Å². The summed E-state index contributed by atoms with van der Waals surface area (Å²) in [6.45, 7) is 1.77. The average molecular weight is 172 g/mol. The second-order valence-corrected chi connectivity index (χ2v) is 3.35. The summed E-state index contributed by atoms with van der Waals surface area (Å²) in [7, 11) is 0. The third kappa shape index (κ3) is 2.48. The van der Waals surface area contributed by atoms with Crippen molar-refractivity contribution in [1.29, 1.82) is 0 Å². The molecule has 0 amide bonds. The fraction of sp³-hybridized carbons (Fsp3) is 0.800. The Labute approximate surface area is 72.3 Å². The minimum atomic E-state index is -2.15. The molecule has 1 aliphatic carbocycles. The van der Waals surface area contributed by atoms with Crippen LogP contribution in [0.2, 0.25) is 0 Å². The standard InChI is InChI=1S/C10H14F2/c1-2-4-8-5-3-6-9(7-8)10(11)12/h8-10H,3,5-7H2,1H3. The fourth-order valence-electron chi connectivity index (χ4n) is 1.79. The minimum Gasteiger partial charge on any atom is -0.210 e. The van der Waals surface area contributed by atoms with Crippen molar-refractivity contribution in [3.63, 3.8) is 0 Å². The summed E-state index contributed by atoms with van der Waals surface area (Å²) in [4.78, 5) is 0. The topological polar surface area (TPSA) is 0 Å². The lowest BCUT2D eigenvalue weighted by molar-refractivity contribution is 0.0489. The van der Waals surface area contributed by atoms with E-state index in [4.69, 9.17) is 0 Å². The van der Waals surface area contributed by atoms with Gasteiger partial charge in [-0.25, -0.2) is 8.78 Å². The lowest BCUT2D eigenvalue weighted by Gasteiger charge is -2.25. The van der Waals surface area contributed by atoms with Crippen LogP contribution in [0.4, 0.5) is 8.78 Å². The predicted octanol–water partition coefficient (Wildman–Crippen LogP) is 3.08. The maximum atomic E-state index is 12.3. The predicted molar refractivity (Wildman–Crippen MR) is 44.9 cm³/mol. The lowest BCUT2D eigenvalue weighted by Crippen LogP contribution is -2.20. The summed E-state index contributed by atoms with van der Waals surface area (Å²) in [6.07, 6.45) is 1.04. The normalized spacial score (nSPS) is 29.7. The maximum Gasteiger partial charge on any atom is 0.241 e. The molecule has 2 unspecified atom stereocenters. The van der Waals surface area contributed by atoms with Gasteiger partial charge in [-0.2, -0.15) is 0 Å². The fourth-order valence-corrected chi connectivity index (χ4v) is 1.79. The molecule has 0 spiro atoms. The van der Waals surface area contributed by atoms with Gasteiger partial charge in [0, 0.05) is 11.8 Å². The molecule has 0 saturated heterocycles. The van der Waals surface area contributed by atoms with Crippen molar-refractivity contribution in [1.82, 2.24) is 0 Å². The highest BCUT2D eigenvalue weighted by atomic mass is 19.3. The van der Waals surface area contributed by atoms with Gasteiger partial charge in [0.1, 0.15) is 0 Å². The Morgan fingerprint density at radius 2 is 2.08 bits per heavy atom. The van der Waals surface area contributed by atoms with E-state index in [-0.39, 0.29) is 5.92 Å². The number of halogens is 2. The first-order valence-electron chi connectivity index (χ1n) is 4.44. The number of rotatable bonds is 1. The minimum absolute atomic E-state index is 0.225. The molecule has 0 bridgehead atoms. The summed E-state index contributed by atoms with van der Waals surface area (Å²) >= 11 is 0. The molecule has 0 aromatic rings. The van der Waals surface area contributed by atoms with E-state index in [1.807, 2.05) is 0 Å². The molecule has 68 valence electrons. The second kappa shape index (κ2) is 4.45. The van der Waals surface area contributed by atoms with Gasteiger partial charge in [-0.3, -0.25) is 0 Å². The van der Waals surface area contributed by atoms with Crippen molar-refractivity contribution < 1.29 is 8.78 Å². The highest BCUT2D eigenvalue weighted by Crippen LogP contribution is 2.32. The molecule has 12 heavy (non-hydrogen) atoms. The zero-order chi connectivity index (χ0) is 8.97. The molecule has 2 atom stereocenters. The third-order valence-corrected chi connectivity index (χ3v) is 2.42. The maximum absolute atomic E-state index is 12.3. The average Bonchev–Trinajstić information content (AvgIpc) is 2.05. The molecule has 0 aromatic carbocycles. The Hall–Kier alpha value is -0.580. The molecule has 0 N–H and O–H groups in total.